The van der Waals surface area contributed by atoms with Crippen LogP contribution in [0.25, 0.3) is 22.2 Å². The topological polar surface area (TPSA) is 59.4 Å². The number of rotatable bonds is 6. The second-order valence-corrected chi connectivity index (χ2v) is 5.60. The summed E-state index contributed by atoms with van der Waals surface area (Å²) in [5.74, 6) is -0.138. The molecule has 0 radical (unpaired) electrons. The van der Waals surface area contributed by atoms with Crippen LogP contribution >= 0.6 is 0 Å². The van der Waals surface area contributed by atoms with Crippen LogP contribution in [0.5, 0.6) is 5.75 Å². The van der Waals surface area contributed by atoms with Gasteiger partial charge in [-0.2, -0.15) is 0 Å². The summed E-state index contributed by atoms with van der Waals surface area (Å²) >= 11 is 0. The number of aromatic carboxylic acids is 1. The quantitative estimate of drug-likeness (QED) is 0.664. The maximum Gasteiger partial charge on any atom is 0.336 e. The van der Waals surface area contributed by atoms with Crippen LogP contribution in [0.15, 0.2) is 54.6 Å². The Labute approximate surface area is 140 Å². The lowest BCUT2D eigenvalue weighted by atomic mass is 10.0. The Balaban J connectivity index is 1.95. The zero-order valence-corrected chi connectivity index (χ0v) is 13.5. The number of unbranched alkanes of at least 4 members (excludes halogenated alkanes) is 1. The van der Waals surface area contributed by atoms with Gasteiger partial charge in [0.15, 0.2) is 0 Å². The first kappa shape index (κ1) is 16.0. The van der Waals surface area contributed by atoms with Crippen molar-refractivity contribution < 1.29 is 14.6 Å². The fourth-order valence-electron chi connectivity index (χ4n) is 2.56. The van der Waals surface area contributed by atoms with E-state index in [4.69, 9.17) is 4.74 Å². The summed E-state index contributed by atoms with van der Waals surface area (Å²) in [5.41, 5.74) is 2.45. The standard InChI is InChI=1S/C20H19NO3/c1-2-3-12-24-15-10-8-14(9-11-15)19-13-17(20(22)23)16-6-4-5-7-18(16)21-19/h4-11,13H,2-3,12H2,1H3,(H,22,23). The summed E-state index contributed by atoms with van der Waals surface area (Å²) in [6.07, 6.45) is 2.12. The number of carbonyl (C=O) groups is 1. The molecule has 122 valence electrons. The Bertz CT molecular complexity index is 856. The number of fused-ring (bicyclic) bond motifs is 1. The van der Waals surface area contributed by atoms with E-state index in [1.54, 1.807) is 12.1 Å². The molecule has 0 fully saturated rings. The van der Waals surface area contributed by atoms with Gasteiger partial charge in [0.05, 0.1) is 23.4 Å². The predicted octanol–water partition coefficient (Wildman–Crippen LogP) is 4.78. The molecule has 0 saturated carbocycles. The second-order valence-electron chi connectivity index (χ2n) is 5.60. The molecule has 4 heteroatoms. The zero-order valence-electron chi connectivity index (χ0n) is 13.5. The summed E-state index contributed by atoms with van der Waals surface area (Å²) in [5, 5.41) is 10.1. The monoisotopic (exact) mass is 321 g/mol. The minimum atomic E-state index is -0.950. The van der Waals surface area contributed by atoms with Crippen LogP contribution in [0.4, 0.5) is 0 Å². The second kappa shape index (κ2) is 7.13. The number of ether oxygens (including phenoxy) is 1. The molecule has 3 rings (SSSR count). The maximum absolute atomic E-state index is 11.6. The Hall–Kier alpha value is -2.88. The Kier molecular flexibility index (Phi) is 4.75. The van der Waals surface area contributed by atoms with Crippen LogP contribution in [0, 0.1) is 0 Å². The van der Waals surface area contributed by atoms with Gasteiger partial charge in [0, 0.05) is 10.9 Å². The number of carboxylic acid groups (broad SMARTS) is 1. The van der Waals surface area contributed by atoms with Gasteiger partial charge in [-0.05, 0) is 42.8 Å². The number of pyridine rings is 1. The molecular formula is C20H19NO3. The molecule has 3 aromatic rings. The number of carboxylic acids is 1. The molecule has 0 aliphatic heterocycles. The highest BCUT2D eigenvalue weighted by molar-refractivity contribution is 6.03. The third-order valence-electron chi connectivity index (χ3n) is 3.86. The van der Waals surface area contributed by atoms with Crippen molar-refractivity contribution in [3.8, 4) is 17.0 Å². The van der Waals surface area contributed by atoms with E-state index in [1.807, 2.05) is 42.5 Å². The van der Waals surface area contributed by atoms with Crippen molar-refractivity contribution >= 4 is 16.9 Å². The van der Waals surface area contributed by atoms with Gasteiger partial charge in [0.25, 0.3) is 0 Å². The molecular weight excluding hydrogens is 302 g/mol. The summed E-state index contributed by atoms with van der Waals surface area (Å²) < 4.78 is 5.65. The smallest absolute Gasteiger partial charge is 0.336 e. The van der Waals surface area contributed by atoms with Crippen molar-refractivity contribution in [1.29, 1.82) is 0 Å². The number of hydrogen-bond donors (Lipinski definition) is 1. The normalized spacial score (nSPS) is 10.7. The third kappa shape index (κ3) is 3.38. The van der Waals surface area contributed by atoms with Gasteiger partial charge in [-0.25, -0.2) is 9.78 Å². The van der Waals surface area contributed by atoms with E-state index in [2.05, 4.69) is 11.9 Å². The van der Waals surface area contributed by atoms with Crippen molar-refractivity contribution in [3.05, 3.63) is 60.2 Å². The van der Waals surface area contributed by atoms with E-state index in [9.17, 15) is 9.90 Å². The molecule has 1 aromatic heterocycles. The average Bonchev–Trinajstić information content (AvgIpc) is 2.61. The van der Waals surface area contributed by atoms with E-state index in [0.29, 0.717) is 23.2 Å². The summed E-state index contributed by atoms with van der Waals surface area (Å²) in [7, 11) is 0. The van der Waals surface area contributed by atoms with Crippen molar-refractivity contribution in [3.63, 3.8) is 0 Å². The molecule has 0 unspecified atom stereocenters. The maximum atomic E-state index is 11.6. The summed E-state index contributed by atoms with van der Waals surface area (Å²) in [6, 6.07) is 16.5. The molecule has 1 N–H and O–H groups in total. The molecule has 2 aromatic carbocycles. The van der Waals surface area contributed by atoms with Crippen LogP contribution in [0.3, 0.4) is 0 Å². The Morgan fingerprint density at radius 1 is 1.12 bits per heavy atom. The van der Waals surface area contributed by atoms with Gasteiger partial charge in [-0.3, -0.25) is 0 Å². The SMILES string of the molecule is CCCCOc1ccc(-c2cc(C(=O)O)c3ccccc3n2)cc1. The lowest BCUT2D eigenvalue weighted by molar-refractivity contribution is 0.0699. The van der Waals surface area contributed by atoms with Crippen LogP contribution in [-0.2, 0) is 0 Å². The minimum Gasteiger partial charge on any atom is -0.494 e. The van der Waals surface area contributed by atoms with E-state index < -0.39 is 5.97 Å². The van der Waals surface area contributed by atoms with Crippen molar-refractivity contribution in [2.75, 3.05) is 6.61 Å². The number of para-hydroxylation sites is 1. The van der Waals surface area contributed by atoms with Crippen LogP contribution in [-0.4, -0.2) is 22.7 Å². The van der Waals surface area contributed by atoms with Gasteiger partial charge < -0.3 is 9.84 Å². The predicted molar refractivity (Wildman–Crippen MR) is 94.5 cm³/mol. The summed E-state index contributed by atoms with van der Waals surface area (Å²) in [6.45, 7) is 2.82. The van der Waals surface area contributed by atoms with Crippen molar-refractivity contribution in [2.24, 2.45) is 0 Å². The molecule has 0 bridgehead atoms. The largest absolute Gasteiger partial charge is 0.494 e. The van der Waals surface area contributed by atoms with Gasteiger partial charge in [0.1, 0.15) is 5.75 Å². The summed E-state index contributed by atoms with van der Waals surface area (Å²) in [4.78, 5) is 16.1. The molecule has 0 spiro atoms. The van der Waals surface area contributed by atoms with E-state index in [-0.39, 0.29) is 5.56 Å². The highest BCUT2D eigenvalue weighted by Crippen LogP contribution is 2.26. The van der Waals surface area contributed by atoms with Crippen LogP contribution in [0.2, 0.25) is 0 Å². The molecule has 0 amide bonds. The van der Waals surface area contributed by atoms with E-state index in [1.165, 1.54) is 0 Å². The number of hydrogen-bond acceptors (Lipinski definition) is 3. The Morgan fingerprint density at radius 2 is 1.88 bits per heavy atom. The molecule has 0 aliphatic carbocycles. The molecule has 0 aliphatic rings. The van der Waals surface area contributed by atoms with E-state index in [0.717, 1.165) is 24.2 Å². The van der Waals surface area contributed by atoms with Gasteiger partial charge in [-0.15, -0.1) is 0 Å². The first-order valence-electron chi connectivity index (χ1n) is 8.05. The van der Waals surface area contributed by atoms with E-state index >= 15 is 0 Å². The Morgan fingerprint density at radius 3 is 2.58 bits per heavy atom. The first-order chi connectivity index (χ1) is 11.7. The lowest BCUT2D eigenvalue weighted by Crippen LogP contribution is -2.00. The van der Waals surface area contributed by atoms with Crippen LogP contribution < -0.4 is 4.74 Å². The minimum absolute atomic E-state index is 0.263. The van der Waals surface area contributed by atoms with Crippen molar-refractivity contribution in [2.45, 2.75) is 19.8 Å². The highest BCUT2D eigenvalue weighted by Gasteiger charge is 2.12. The third-order valence-corrected chi connectivity index (χ3v) is 3.86. The molecule has 4 nitrogen and oxygen atoms in total. The van der Waals surface area contributed by atoms with Gasteiger partial charge in [-0.1, -0.05) is 31.5 Å². The fourth-order valence-corrected chi connectivity index (χ4v) is 2.56. The number of benzene rings is 2. The van der Waals surface area contributed by atoms with Crippen LogP contribution in [0.1, 0.15) is 30.1 Å². The molecule has 24 heavy (non-hydrogen) atoms. The molecule has 0 atom stereocenters. The lowest BCUT2D eigenvalue weighted by Gasteiger charge is -2.09. The molecule has 0 saturated heterocycles. The average molecular weight is 321 g/mol. The van der Waals surface area contributed by atoms with Gasteiger partial charge >= 0.3 is 5.97 Å². The highest BCUT2D eigenvalue weighted by atomic mass is 16.5. The molecule has 1 heterocycles. The zero-order chi connectivity index (χ0) is 16.9. The van der Waals surface area contributed by atoms with Crippen molar-refractivity contribution in [1.82, 2.24) is 4.98 Å². The van der Waals surface area contributed by atoms with Gasteiger partial charge in [0.2, 0.25) is 0 Å². The fraction of sp³-hybridized carbons (Fsp3) is 0.200. The number of nitrogens with zero attached hydrogens (tertiary/aromatic N) is 1. The first-order valence-corrected chi connectivity index (χ1v) is 8.05. The number of aromatic nitrogens is 1.